The first kappa shape index (κ1) is 13.5. The van der Waals surface area contributed by atoms with Crippen molar-refractivity contribution in [3.05, 3.63) is 6.33 Å². The zero-order chi connectivity index (χ0) is 12.7. The van der Waals surface area contributed by atoms with E-state index in [1.54, 1.807) is 14.2 Å². The Balaban J connectivity index is 2.75. The first-order valence-corrected chi connectivity index (χ1v) is 5.54. The van der Waals surface area contributed by atoms with Crippen LogP contribution in [0, 0.1) is 0 Å². The van der Waals surface area contributed by atoms with E-state index in [0.717, 1.165) is 0 Å². The Labute approximate surface area is 101 Å². The van der Waals surface area contributed by atoms with Gasteiger partial charge >= 0.3 is 0 Å². The highest BCUT2D eigenvalue weighted by atomic mass is 16.6. The summed E-state index contributed by atoms with van der Waals surface area (Å²) < 4.78 is 16.1. The summed E-state index contributed by atoms with van der Waals surface area (Å²) in [6, 6.07) is 0. The van der Waals surface area contributed by atoms with Gasteiger partial charge in [0.1, 0.15) is 12.4 Å². The minimum Gasteiger partial charge on any atom is -0.489 e. The summed E-state index contributed by atoms with van der Waals surface area (Å²) in [5.74, 6) is 1.51. The smallest absolute Gasteiger partial charge is 0.262 e. The molecule has 1 N–H and O–H groups in total. The van der Waals surface area contributed by atoms with Gasteiger partial charge in [0.15, 0.2) is 5.82 Å². The van der Waals surface area contributed by atoms with Crippen LogP contribution in [0.15, 0.2) is 6.33 Å². The van der Waals surface area contributed by atoms with E-state index < -0.39 is 0 Å². The van der Waals surface area contributed by atoms with Gasteiger partial charge in [-0.05, 0) is 13.8 Å². The van der Waals surface area contributed by atoms with E-state index >= 15 is 0 Å². The van der Waals surface area contributed by atoms with Crippen LogP contribution in [0.4, 0.5) is 5.82 Å². The minimum atomic E-state index is -0.0940. The summed E-state index contributed by atoms with van der Waals surface area (Å²) in [4.78, 5) is 8.09. The molecule has 1 aromatic rings. The molecule has 0 amide bonds. The summed E-state index contributed by atoms with van der Waals surface area (Å²) in [7, 11) is 3.32. The van der Waals surface area contributed by atoms with Crippen molar-refractivity contribution in [1.29, 1.82) is 0 Å². The Bertz CT molecular complexity index is 347. The Morgan fingerprint density at radius 1 is 1.41 bits per heavy atom. The first-order chi connectivity index (χ1) is 8.22. The average Bonchev–Trinajstić information content (AvgIpc) is 2.35. The van der Waals surface area contributed by atoms with Crippen molar-refractivity contribution in [3.8, 4) is 11.6 Å². The third kappa shape index (κ3) is 3.74. The number of hydrogen-bond acceptors (Lipinski definition) is 6. The molecule has 1 aromatic heterocycles. The molecule has 0 radical (unpaired) electrons. The van der Waals surface area contributed by atoms with Crippen LogP contribution in [0.5, 0.6) is 11.6 Å². The fourth-order valence-corrected chi connectivity index (χ4v) is 1.31. The Morgan fingerprint density at radius 3 is 2.76 bits per heavy atom. The number of methoxy groups -OCH3 is 1. The lowest BCUT2D eigenvalue weighted by Gasteiger charge is -2.16. The van der Waals surface area contributed by atoms with Crippen molar-refractivity contribution < 1.29 is 14.2 Å². The van der Waals surface area contributed by atoms with Crippen LogP contribution in [0.3, 0.4) is 0 Å². The van der Waals surface area contributed by atoms with E-state index in [1.807, 2.05) is 13.8 Å². The first-order valence-electron chi connectivity index (χ1n) is 5.54. The number of anilines is 1. The van der Waals surface area contributed by atoms with Gasteiger partial charge in [0.25, 0.3) is 5.88 Å². The van der Waals surface area contributed by atoms with Crippen LogP contribution in [0.2, 0.25) is 0 Å². The summed E-state index contributed by atoms with van der Waals surface area (Å²) >= 11 is 0. The van der Waals surface area contributed by atoms with E-state index in [9.17, 15) is 0 Å². The van der Waals surface area contributed by atoms with Crippen LogP contribution >= 0.6 is 0 Å². The third-order valence-electron chi connectivity index (χ3n) is 2.08. The lowest BCUT2D eigenvalue weighted by molar-refractivity contribution is 0.0617. The molecule has 0 aromatic carbocycles. The van der Waals surface area contributed by atoms with E-state index in [1.165, 1.54) is 6.33 Å². The highest BCUT2D eigenvalue weighted by Crippen LogP contribution is 2.31. The quantitative estimate of drug-likeness (QED) is 0.777. The molecule has 1 atom stereocenters. The number of aromatic nitrogens is 2. The van der Waals surface area contributed by atoms with Crippen molar-refractivity contribution >= 4 is 5.82 Å². The maximum atomic E-state index is 5.64. The number of rotatable bonds is 7. The molecule has 1 unspecified atom stereocenters. The van der Waals surface area contributed by atoms with Crippen LogP contribution < -0.4 is 14.8 Å². The largest absolute Gasteiger partial charge is 0.489 e. The standard InChI is InChI=1S/C11H19N3O3/c1-5-16-6-8(2)17-11-9(15-4)10(12-3)13-7-14-11/h7-8H,5-6H2,1-4H3,(H,12,13,14). The zero-order valence-corrected chi connectivity index (χ0v) is 10.7. The molecule has 0 aliphatic rings. The van der Waals surface area contributed by atoms with Crippen LogP contribution in [-0.4, -0.2) is 43.4 Å². The summed E-state index contributed by atoms with van der Waals surface area (Å²) in [6.07, 6.45) is 1.33. The average molecular weight is 241 g/mol. The maximum Gasteiger partial charge on any atom is 0.262 e. The fraction of sp³-hybridized carbons (Fsp3) is 0.636. The van der Waals surface area contributed by atoms with Gasteiger partial charge < -0.3 is 19.5 Å². The van der Waals surface area contributed by atoms with Crippen molar-refractivity contribution in [3.63, 3.8) is 0 Å². The molecule has 0 bridgehead atoms. The van der Waals surface area contributed by atoms with Crippen molar-refractivity contribution in [2.45, 2.75) is 20.0 Å². The second-order valence-corrected chi connectivity index (χ2v) is 3.40. The summed E-state index contributed by atoms with van der Waals surface area (Å²) in [6.45, 7) is 5.03. The molecule has 0 saturated heterocycles. The maximum absolute atomic E-state index is 5.64. The lowest BCUT2D eigenvalue weighted by atomic mass is 10.4. The Morgan fingerprint density at radius 2 is 2.18 bits per heavy atom. The number of hydrogen-bond donors (Lipinski definition) is 1. The molecule has 6 heteroatoms. The van der Waals surface area contributed by atoms with Gasteiger partial charge in [-0.3, -0.25) is 0 Å². The van der Waals surface area contributed by atoms with Crippen LogP contribution in [-0.2, 0) is 4.74 Å². The van der Waals surface area contributed by atoms with Gasteiger partial charge in [0.05, 0.1) is 13.7 Å². The molecule has 0 aliphatic heterocycles. The van der Waals surface area contributed by atoms with Crippen LogP contribution in [0.1, 0.15) is 13.8 Å². The second-order valence-electron chi connectivity index (χ2n) is 3.40. The summed E-state index contributed by atoms with van der Waals surface area (Å²) in [5.41, 5.74) is 0. The number of nitrogens with one attached hydrogen (secondary N) is 1. The van der Waals surface area contributed by atoms with Crippen molar-refractivity contribution in [2.75, 3.05) is 32.7 Å². The SMILES string of the molecule is CCOCC(C)Oc1ncnc(NC)c1OC. The zero-order valence-electron chi connectivity index (χ0n) is 10.7. The number of ether oxygens (including phenoxy) is 3. The molecule has 0 fully saturated rings. The minimum absolute atomic E-state index is 0.0940. The fourth-order valence-electron chi connectivity index (χ4n) is 1.31. The van der Waals surface area contributed by atoms with Gasteiger partial charge in [0.2, 0.25) is 5.75 Å². The second kappa shape index (κ2) is 6.90. The monoisotopic (exact) mass is 241 g/mol. The van der Waals surface area contributed by atoms with Gasteiger partial charge in [-0.25, -0.2) is 4.98 Å². The highest BCUT2D eigenvalue weighted by molar-refractivity contribution is 5.54. The van der Waals surface area contributed by atoms with E-state index in [4.69, 9.17) is 14.2 Å². The van der Waals surface area contributed by atoms with Gasteiger partial charge in [-0.2, -0.15) is 4.98 Å². The molecule has 17 heavy (non-hydrogen) atoms. The van der Waals surface area contributed by atoms with Crippen molar-refractivity contribution in [2.24, 2.45) is 0 Å². The molecule has 6 nitrogen and oxygen atoms in total. The van der Waals surface area contributed by atoms with E-state index in [-0.39, 0.29) is 6.10 Å². The highest BCUT2D eigenvalue weighted by Gasteiger charge is 2.15. The predicted octanol–water partition coefficient (Wildman–Crippen LogP) is 1.33. The molecule has 1 rings (SSSR count). The summed E-state index contributed by atoms with van der Waals surface area (Å²) in [5, 5.41) is 2.92. The molecular weight excluding hydrogens is 222 g/mol. The van der Waals surface area contributed by atoms with E-state index in [2.05, 4.69) is 15.3 Å². The number of nitrogens with zero attached hydrogens (tertiary/aromatic N) is 2. The van der Waals surface area contributed by atoms with Gasteiger partial charge in [0, 0.05) is 13.7 Å². The van der Waals surface area contributed by atoms with Crippen LogP contribution in [0.25, 0.3) is 0 Å². The molecule has 0 saturated carbocycles. The van der Waals surface area contributed by atoms with E-state index in [0.29, 0.717) is 30.7 Å². The lowest BCUT2D eigenvalue weighted by Crippen LogP contribution is -2.20. The molecule has 0 spiro atoms. The normalized spacial score (nSPS) is 12.0. The predicted molar refractivity (Wildman–Crippen MR) is 64.7 cm³/mol. The van der Waals surface area contributed by atoms with Gasteiger partial charge in [-0.15, -0.1) is 0 Å². The van der Waals surface area contributed by atoms with Gasteiger partial charge in [-0.1, -0.05) is 0 Å². The third-order valence-corrected chi connectivity index (χ3v) is 2.08. The Kier molecular flexibility index (Phi) is 5.48. The molecule has 1 heterocycles. The topological polar surface area (TPSA) is 65.5 Å². The molecule has 96 valence electrons. The van der Waals surface area contributed by atoms with Crippen molar-refractivity contribution in [1.82, 2.24) is 9.97 Å². The molecular formula is C11H19N3O3. The molecule has 0 aliphatic carbocycles. The Hall–Kier alpha value is -1.56.